The average Bonchev–Trinajstić information content (AvgIpc) is 3.03. The van der Waals surface area contributed by atoms with Crippen LogP contribution in [-0.2, 0) is 17.8 Å². The van der Waals surface area contributed by atoms with Crippen LogP contribution in [0.5, 0.6) is 5.75 Å². The summed E-state index contributed by atoms with van der Waals surface area (Å²) >= 11 is 6.09. The lowest BCUT2D eigenvalue weighted by Gasteiger charge is -2.50. The molecular formula is C32H37ClN2O4. The van der Waals surface area contributed by atoms with Crippen LogP contribution in [0.3, 0.4) is 0 Å². The summed E-state index contributed by atoms with van der Waals surface area (Å²) in [6, 6.07) is 17.0. The van der Waals surface area contributed by atoms with E-state index in [9.17, 15) is 15.4 Å². The number of rotatable bonds is 5. The molecule has 0 amide bonds. The van der Waals surface area contributed by atoms with Gasteiger partial charge in [-0.1, -0.05) is 49.7 Å². The van der Waals surface area contributed by atoms with Gasteiger partial charge in [-0.2, -0.15) is 4.73 Å². The Morgan fingerprint density at radius 3 is 2.56 bits per heavy atom. The van der Waals surface area contributed by atoms with Crippen molar-refractivity contribution in [1.29, 1.82) is 0 Å². The van der Waals surface area contributed by atoms with Crippen molar-refractivity contribution < 1.29 is 19.7 Å². The minimum atomic E-state index is -1.01. The third-order valence-corrected chi connectivity index (χ3v) is 8.59. The molecule has 0 saturated carbocycles. The fraction of sp³-hybridized carbons (Fsp3) is 0.406. The van der Waals surface area contributed by atoms with Crippen LogP contribution < -0.4 is 9.47 Å². The van der Waals surface area contributed by atoms with E-state index in [1.165, 1.54) is 6.20 Å². The van der Waals surface area contributed by atoms with E-state index < -0.39 is 11.2 Å². The summed E-state index contributed by atoms with van der Waals surface area (Å²) in [5, 5.41) is 35.7. The highest BCUT2D eigenvalue weighted by Gasteiger charge is 2.48. The standard InChI is InChI=1S/C32H37ClN2O4/c1-30(2)21-34(18-15-32(30,37)22-9-12-24(33)13-10-22)16-5-7-25-26-8-6-17-35(38)28(26)20-39-29-14-11-23(19-27(25)29)31(3,4)36/h6-14,17,19,36-37H,5,15-16,18,20-21H2,1-4H3/b25-7+/t32-/m1/s1. The molecule has 39 heavy (non-hydrogen) atoms. The van der Waals surface area contributed by atoms with E-state index in [0.29, 0.717) is 22.9 Å². The third kappa shape index (κ3) is 5.31. The number of fused-ring (bicyclic) bond motifs is 2. The molecule has 3 heterocycles. The second-order valence-electron chi connectivity index (χ2n) is 11.9. The highest BCUT2D eigenvalue weighted by Crippen LogP contribution is 2.46. The number of pyridine rings is 1. The maximum Gasteiger partial charge on any atom is 0.238 e. The van der Waals surface area contributed by atoms with Crippen molar-refractivity contribution >= 4 is 17.2 Å². The summed E-state index contributed by atoms with van der Waals surface area (Å²) in [4.78, 5) is 2.39. The number of halogens is 1. The van der Waals surface area contributed by atoms with E-state index in [1.807, 2.05) is 48.5 Å². The Kier molecular flexibility index (Phi) is 7.27. The summed E-state index contributed by atoms with van der Waals surface area (Å²) in [5.41, 5.74) is 2.59. The molecule has 0 bridgehead atoms. The lowest BCUT2D eigenvalue weighted by Crippen LogP contribution is -2.55. The number of hydrogen-bond acceptors (Lipinski definition) is 5. The molecule has 2 N–H and O–H groups in total. The zero-order valence-corrected chi connectivity index (χ0v) is 23.8. The second kappa shape index (κ2) is 10.3. The van der Waals surface area contributed by atoms with Crippen molar-refractivity contribution in [2.45, 2.75) is 58.3 Å². The van der Waals surface area contributed by atoms with Gasteiger partial charge in [0.05, 0.1) is 16.8 Å². The first kappa shape index (κ1) is 27.7. The van der Waals surface area contributed by atoms with Gasteiger partial charge >= 0.3 is 0 Å². The topological polar surface area (TPSA) is 79.9 Å². The van der Waals surface area contributed by atoms with Crippen LogP contribution >= 0.6 is 11.6 Å². The predicted molar refractivity (Wildman–Crippen MR) is 153 cm³/mol. The summed E-state index contributed by atoms with van der Waals surface area (Å²) in [7, 11) is 0. The molecule has 2 aliphatic rings. The quantitative estimate of drug-likeness (QED) is 0.323. The van der Waals surface area contributed by atoms with Crippen molar-refractivity contribution in [3.63, 3.8) is 0 Å². The monoisotopic (exact) mass is 548 g/mol. The molecule has 206 valence electrons. The minimum absolute atomic E-state index is 0.176. The number of benzene rings is 2. The van der Waals surface area contributed by atoms with Crippen LogP contribution in [0.15, 0.2) is 66.9 Å². The molecule has 7 heteroatoms. The van der Waals surface area contributed by atoms with E-state index in [0.717, 1.165) is 58.6 Å². The summed E-state index contributed by atoms with van der Waals surface area (Å²) < 4.78 is 6.93. The lowest BCUT2D eigenvalue weighted by atomic mass is 9.66. The van der Waals surface area contributed by atoms with Gasteiger partial charge in [-0.25, -0.2) is 0 Å². The maximum absolute atomic E-state index is 12.7. The van der Waals surface area contributed by atoms with Gasteiger partial charge < -0.3 is 25.1 Å². The highest BCUT2D eigenvalue weighted by molar-refractivity contribution is 6.30. The minimum Gasteiger partial charge on any atom is -0.618 e. The SMILES string of the molecule is CC(C)(O)c1ccc2c(c1)/C(=C/CCN1CC[C@@](O)(c3ccc(Cl)cc3)C(C)(C)C1)c1ccc[n+]([O-])c1CO2. The Morgan fingerprint density at radius 2 is 1.87 bits per heavy atom. The highest BCUT2D eigenvalue weighted by atomic mass is 35.5. The van der Waals surface area contributed by atoms with Crippen molar-refractivity contribution in [3.05, 3.63) is 105 Å². The van der Waals surface area contributed by atoms with Crippen LogP contribution in [0, 0.1) is 10.6 Å². The summed E-state index contributed by atoms with van der Waals surface area (Å²) in [6.07, 6.45) is 5.05. The molecule has 1 aromatic heterocycles. The van der Waals surface area contributed by atoms with E-state index in [2.05, 4.69) is 24.8 Å². The van der Waals surface area contributed by atoms with E-state index >= 15 is 0 Å². The first-order valence-electron chi connectivity index (χ1n) is 13.5. The normalized spacial score (nSPS) is 22.1. The number of piperidine rings is 1. The largest absolute Gasteiger partial charge is 0.618 e. The molecule has 1 atom stereocenters. The van der Waals surface area contributed by atoms with Crippen LogP contribution in [0.1, 0.15) is 68.5 Å². The van der Waals surface area contributed by atoms with Gasteiger partial charge in [-0.3, -0.25) is 0 Å². The molecule has 0 spiro atoms. The zero-order valence-electron chi connectivity index (χ0n) is 23.1. The van der Waals surface area contributed by atoms with Gasteiger partial charge in [-0.15, -0.1) is 0 Å². The first-order chi connectivity index (χ1) is 18.4. The van der Waals surface area contributed by atoms with Gasteiger partial charge in [-0.05, 0) is 73.7 Å². The van der Waals surface area contributed by atoms with Crippen LogP contribution in [0.2, 0.25) is 5.02 Å². The van der Waals surface area contributed by atoms with E-state index in [4.69, 9.17) is 16.3 Å². The van der Waals surface area contributed by atoms with E-state index in [-0.39, 0.29) is 12.0 Å². The number of aromatic nitrogens is 1. The third-order valence-electron chi connectivity index (χ3n) is 8.34. The fourth-order valence-corrected chi connectivity index (χ4v) is 6.06. The van der Waals surface area contributed by atoms with Gasteiger partial charge in [0.15, 0.2) is 12.8 Å². The van der Waals surface area contributed by atoms with Crippen LogP contribution in [0.4, 0.5) is 0 Å². The Hall–Kier alpha value is -2.90. The van der Waals surface area contributed by atoms with Crippen molar-refractivity contribution in [2.24, 2.45) is 5.41 Å². The molecule has 0 radical (unpaired) electrons. The Morgan fingerprint density at radius 1 is 1.13 bits per heavy atom. The molecule has 2 aliphatic heterocycles. The molecule has 1 saturated heterocycles. The summed E-state index contributed by atoms with van der Waals surface area (Å²) in [5.74, 6) is 0.692. The molecule has 3 aromatic rings. The van der Waals surface area contributed by atoms with Gasteiger partial charge in [0.1, 0.15) is 5.75 Å². The Balaban J connectivity index is 1.41. The molecule has 5 rings (SSSR count). The molecule has 1 fully saturated rings. The smallest absolute Gasteiger partial charge is 0.238 e. The number of hydrogen-bond donors (Lipinski definition) is 2. The first-order valence-corrected chi connectivity index (χ1v) is 13.9. The molecule has 6 nitrogen and oxygen atoms in total. The number of aliphatic hydroxyl groups is 2. The van der Waals surface area contributed by atoms with Gasteiger partial charge in [0.2, 0.25) is 5.69 Å². The molecular weight excluding hydrogens is 512 g/mol. The maximum atomic E-state index is 12.7. The fourth-order valence-electron chi connectivity index (χ4n) is 5.94. The number of ether oxygens (including phenoxy) is 1. The van der Waals surface area contributed by atoms with Gasteiger partial charge in [0.25, 0.3) is 0 Å². The van der Waals surface area contributed by atoms with Crippen molar-refractivity contribution in [1.82, 2.24) is 4.90 Å². The zero-order chi connectivity index (χ0) is 28.0. The number of likely N-dealkylation sites (tertiary alicyclic amines) is 1. The van der Waals surface area contributed by atoms with E-state index in [1.54, 1.807) is 19.9 Å². The van der Waals surface area contributed by atoms with Gasteiger partial charge in [0, 0.05) is 41.7 Å². The molecule has 0 unspecified atom stereocenters. The Bertz CT molecular complexity index is 1390. The van der Waals surface area contributed by atoms with Crippen molar-refractivity contribution in [2.75, 3.05) is 19.6 Å². The van der Waals surface area contributed by atoms with Crippen LogP contribution in [0.25, 0.3) is 5.57 Å². The number of nitrogens with zero attached hydrogens (tertiary/aromatic N) is 2. The second-order valence-corrected chi connectivity index (χ2v) is 12.4. The van der Waals surface area contributed by atoms with Crippen molar-refractivity contribution in [3.8, 4) is 5.75 Å². The lowest BCUT2D eigenvalue weighted by molar-refractivity contribution is -0.616. The van der Waals surface area contributed by atoms with Crippen LogP contribution in [-0.4, -0.2) is 34.7 Å². The Labute approximate surface area is 235 Å². The predicted octanol–water partition coefficient (Wildman–Crippen LogP) is 5.53. The average molecular weight is 549 g/mol. The molecule has 2 aromatic carbocycles. The summed E-state index contributed by atoms with van der Waals surface area (Å²) in [6.45, 7) is 10.3. The molecule has 0 aliphatic carbocycles.